The number of rotatable bonds is 1. The fourth-order valence-electron chi connectivity index (χ4n) is 0.993. The van der Waals surface area contributed by atoms with Crippen LogP contribution >= 0.6 is 0 Å². The van der Waals surface area contributed by atoms with Crippen LogP contribution in [0.5, 0.6) is 0 Å². The smallest absolute Gasteiger partial charge is 0.186 e. The van der Waals surface area contributed by atoms with Gasteiger partial charge < -0.3 is 9.51 Å². The summed E-state index contributed by atoms with van der Waals surface area (Å²) in [4.78, 5) is 2.87. The van der Waals surface area contributed by atoms with Crippen molar-refractivity contribution in [2.45, 2.75) is 0 Å². The minimum atomic E-state index is 0.453. The molecule has 2 aromatic rings. The van der Waals surface area contributed by atoms with Crippen LogP contribution in [-0.4, -0.2) is 10.1 Å². The molecule has 2 aromatic heterocycles. The molecule has 0 saturated heterocycles. The molecule has 0 radical (unpaired) electrons. The van der Waals surface area contributed by atoms with Gasteiger partial charge in [0, 0.05) is 18.0 Å². The summed E-state index contributed by atoms with van der Waals surface area (Å²) in [6.07, 6.45) is 4.92. The maximum absolute atomic E-state index is 8.65. The van der Waals surface area contributed by atoms with Gasteiger partial charge in [-0.05, 0) is 6.07 Å². The van der Waals surface area contributed by atoms with E-state index in [1.165, 1.54) is 6.20 Å². The molecule has 4 heteroatoms. The molecule has 2 rings (SSSR count). The first-order valence-corrected chi connectivity index (χ1v) is 3.40. The van der Waals surface area contributed by atoms with Crippen LogP contribution in [0.2, 0.25) is 0 Å². The second kappa shape index (κ2) is 2.55. The van der Waals surface area contributed by atoms with Crippen LogP contribution in [0, 0.1) is 11.3 Å². The minimum absolute atomic E-state index is 0.453. The number of aromatic amines is 1. The van der Waals surface area contributed by atoms with Crippen molar-refractivity contribution in [3.05, 3.63) is 30.2 Å². The molecule has 0 amide bonds. The lowest BCUT2D eigenvalue weighted by atomic mass is 10.2. The number of aromatic nitrogens is 2. The lowest BCUT2D eigenvalue weighted by molar-refractivity contribution is 0.432. The lowest BCUT2D eigenvalue weighted by Crippen LogP contribution is -1.72. The zero-order chi connectivity index (χ0) is 8.39. The Morgan fingerprint density at radius 3 is 3.17 bits per heavy atom. The average Bonchev–Trinajstić information content (AvgIpc) is 2.74. The van der Waals surface area contributed by atoms with E-state index in [4.69, 9.17) is 9.78 Å². The summed E-state index contributed by atoms with van der Waals surface area (Å²) < 4.78 is 4.91. The number of nitrogens with zero attached hydrogens (tertiary/aromatic N) is 2. The van der Waals surface area contributed by atoms with Gasteiger partial charge in [0.15, 0.2) is 5.76 Å². The summed E-state index contributed by atoms with van der Waals surface area (Å²) in [5, 5.41) is 12.2. The molecule has 0 bridgehead atoms. The van der Waals surface area contributed by atoms with E-state index in [1.54, 1.807) is 12.4 Å². The summed E-state index contributed by atoms with van der Waals surface area (Å²) in [5.74, 6) is 0.513. The van der Waals surface area contributed by atoms with Crippen molar-refractivity contribution in [3.8, 4) is 17.4 Å². The molecule has 0 saturated carbocycles. The number of hydrogen-bond donors (Lipinski definition) is 1. The predicted octanol–water partition coefficient (Wildman–Crippen LogP) is 1.54. The molecule has 0 aliphatic carbocycles. The molecule has 0 atom stereocenters. The molecule has 0 fully saturated rings. The molecular weight excluding hydrogens is 154 g/mol. The summed E-state index contributed by atoms with van der Waals surface area (Å²) in [6.45, 7) is 0. The standard InChI is InChI=1S/C8H5N3O/c9-3-7-5-11-12-8(7)6-1-2-10-4-6/h1-2,4-5,10H. The van der Waals surface area contributed by atoms with Crippen LogP contribution < -0.4 is 0 Å². The summed E-state index contributed by atoms with van der Waals surface area (Å²) in [5.41, 5.74) is 1.29. The zero-order valence-corrected chi connectivity index (χ0v) is 6.11. The monoisotopic (exact) mass is 159 g/mol. The first-order chi connectivity index (χ1) is 5.92. The fourth-order valence-corrected chi connectivity index (χ4v) is 0.993. The second-order valence-corrected chi connectivity index (χ2v) is 2.28. The van der Waals surface area contributed by atoms with Gasteiger partial charge in [-0.25, -0.2) is 0 Å². The van der Waals surface area contributed by atoms with E-state index in [-0.39, 0.29) is 0 Å². The van der Waals surface area contributed by atoms with Crippen molar-refractivity contribution in [2.24, 2.45) is 0 Å². The van der Waals surface area contributed by atoms with Crippen LogP contribution in [0.4, 0.5) is 0 Å². The van der Waals surface area contributed by atoms with Crippen molar-refractivity contribution in [1.29, 1.82) is 5.26 Å². The van der Waals surface area contributed by atoms with E-state index >= 15 is 0 Å². The van der Waals surface area contributed by atoms with Gasteiger partial charge in [-0.2, -0.15) is 5.26 Å². The van der Waals surface area contributed by atoms with Crippen molar-refractivity contribution >= 4 is 0 Å². The Bertz CT molecular complexity index is 408. The van der Waals surface area contributed by atoms with Gasteiger partial charge in [-0.15, -0.1) is 0 Å². The van der Waals surface area contributed by atoms with Crippen molar-refractivity contribution in [1.82, 2.24) is 10.1 Å². The third-order valence-corrected chi connectivity index (χ3v) is 1.55. The maximum atomic E-state index is 8.65. The van der Waals surface area contributed by atoms with Crippen molar-refractivity contribution < 1.29 is 4.52 Å². The average molecular weight is 159 g/mol. The van der Waals surface area contributed by atoms with Crippen molar-refractivity contribution in [3.63, 3.8) is 0 Å². The molecule has 0 unspecified atom stereocenters. The molecule has 58 valence electrons. The Labute approximate surface area is 68.4 Å². The SMILES string of the molecule is N#Cc1cnoc1-c1cc[nH]c1. The highest BCUT2D eigenvalue weighted by molar-refractivity contribution is 5.62. The Morgan fingerprint density at radius 1 is 1.58 bits per heavy atom. The van der Waals surface area contributed by atoms with Crippen LogP contribution in [-0.2, 0) is 0 Å². The highest BCUT2D eigenvalue weighted by atomic mass is 16.5. The number of nitrogens with one attached hydrogen (secondary N) is 1. The van der Waals surface area contributed by atoms with E-state index in [0.717, 1.165) is 5.56 Å². The molecule has 0 aliphatic heterocycles. The maximum Gasteiger partial charge on any atom is 0.186 e. The van der Waals surface area contributed by atoms with E-state index in [1.807, 2.05) is 12.1 Å². The van der Waals surface area contributed by atoms with Gasteiger partial charge in [0.25, 0.3) is 0 Å². The fraction of sp³-hybridized carbons (Fsp3) is 0. The largest absolute Gasteiger partial charge is 0.367 e. The number of nitriles is 1. The molecule has 2 heterocycles. The van der Waals surface area contributed by atoms with Crippen LogP contribution in [0.3, 0.4) is 0 Å². The lowest BCUT2D eigenvalue weighted by Gasteiger charge is -1.86. The Kier molecular flexibility index (Phi) is 1.42. The predicted molar refractivity (Wildman–Crippen MR) is 41.0 cm³/mol. The quantitative estimate of drug-likeness (QED) is 0.686. The van der Waals surface area contributed by atoms with E-state index in [9.17, 15) is 0 Å². The molecule has 4 nitrogen and oxygen atoms in total. The Hall–Kier alpha value is -2.02. The van der Waals surface area contributed by atoms with Crippen LogP contribution in [0.15, 0.2) is 29.2 Å². The molecule has 1 N–H and O–H groups in total. The number of H-pyrrole nitrogens is 1. The van der Waals surface area contributed by atoms with Crippen molar-refractivity contribution in [2.75, 3.05) is 0 Å². The van der Waals surface area contributed by atoms with Gasteiger partial charge >= 0.3 is 0 Å². The van der Waals surface area contributed by atoms with Gasteiger partial charge in [-0.3, -0.25) is 0 Å². The Balaban J connectivity index is 2.55. The van der Waals surface area contributed by atoms with Crippen LogP contribution in [0.25, 0.3) is 11.3 Å². The third-order valence-electron chi connectivity index (χ3n) is 1.55. The second-order valence-electron chi connectivity index (χ2n) is 2.28. The van der Waals surface area contributed by atoms with Gasteiger partial charge in [0.2, 0.25) is 0 Å². The first kappa shape index (κ1) is 6.68. The molecule has 0 aliphatic rings. The van der Waals surface area contributed by atoms with E-state index in [2.05, 4.69) is 10.1 Å². The highest BCUT2D eigenvalue weighted by Crippen LogP contribution is 2.21. The normalized spacial score (nSPS) is 9.58. The van der Waals surface area contributed by atoms with Gasteiger partial charge in [-0.1, -0.05) is 5.16 Å². The molecule has 0 aromatic carbocycles. The first-order valence-electron chi connectivity index (χ1n) is 3.40. The third kappa shape index (κ3) is 0.883. The summed E-state index contributed by atoms with van der Waals surface area (Å²) in [7, 11) is 0. The van der Waals surface area contributed by atoms with E-state index in [0.29, 0.717) is 11.3 Å². The number of hydrogen-bond acceptors (Lipinski definition) is 3. The molecular formula is C8H5N3O. The minimum Gasteiger partial charge on any atom is -0.367 e. The highest BCUT2D eigenvalue weighted by Gasteiger charge is 2.09. The summed E-state index contributed by atoms with van der Waals surface area (Å²) >= 11 is 0. The summed E-state index contributed by atoms with van der Waals surface area (Å²) in [6, 6.07) is 3.81. The topological polar surface area (TPSA) is 65.6 Å². The van der Waals surface area contributed by atoms with E-state index < -0.39 is 0 Å². The van der Waals surface area contributed by atoms with Gasteiger partial charge in [0.05, 0.1) is 6.20 Å². The Morgan fingerprint density at radius 2 is 2.50 bits per heavy atom. The van der Waals surface area contributed by atoms with Gasteiger partial charge in [0.1, 0.15) is 11.6 Å². The zero-order valence-electron chi connectivity index (χ0n) is 6.11. The molecule has 0 spiro atoms. The molecule has 12 heavy (non-hydrogen) atoms. The van der Waals surface area contributed by atoms with Crippen LogP contribution in [0.1, 0.15) is 5.56 Å².